The molecule has 5 heteroatoms. The smallest absolute Gasteiger partial charge is 0.251 e. The molecule has 0 aromatic heterocycles. The van der Waals surface area contributed by atoms with Crippen LogP contribution in [0.15, 0.2) is 18.2 Å². The number of benzene rings is 1. The molecular weight excluding hydrogens is 268 g/mol. The monoisotopic (exact) mass is 290 g/mol. The predicted molar refractivity (Wildman–Crippen MR) is 79.4 cm³/mol. The summed E-state index contributed by atoms with van der Waals surface area (Å²) in [5, 5.41) is 22.0. The number of piperidine rings is 2. The maximum absolute atomic E-state index is 12.3. The molecule has 5 nitrogen and oxygen atoms in total. The lowest BCUT2D eigenvalue weighted by atomic mass is 9.82. The van der Waals surface area contributed by atoms with Gasteiger partial charge in [-0.05, 0) is 44.9 Å². The molecule has 2 aliphatic heterocycles. The zero-order chi connectivity index (χ0) is 15.0. The van der Waals surface area contributed by atoms with Gasteiger partial charge in [-0.15, -0.1) is 0 Å². The Kier molecular flexibility index (Phi) is 3.76. The minimum Gasteiger partial charge on any atom is -0.508 e. The van der Waals surface area contributed by atoms with Crippen molar-refractivity contribution < 1.29 is 15.0 Å². The highest BCUT2D eigenvalue weighted by Crippen LogP contribution is 2.32. The molecule has 1 aromatic rings. The van der Waals surface area contributed by atoms with E-state index in [-0.39, 0.29) is 23.4 Å². The zero-order valence-corrected chi connectivity index (χ0v) is 12.2. The molecule has 114 valence electrons. The average molecular weight is 290 g/mol. The van der Waals surface area contributed by atoms with Crippen LogP contribution >= 0.6 is 0 Å². The SMILES string of the molecule is CN1C2CCCC1CC(NC(=O)c1cc(O)cc(O)c1)C2. The quantitative estimate of drug-likeness (QED) is 0.777. The van der Waals surface area contributed by atoms with Gasteiger partial charge in [-0.2, -0.15) is 0 Å². The van der Waals surface area contributed by atoms with Crippen molar-refractivity contribution in [2.75, 3.05) is 7.05 Å². The highest BCUT2D eigenvalue weighted by Gasteiger charge is 2.36. The molecule has 2 bridgehead atoms. The standard InChI is InChI=1S/C16H22N2O3/c1-18-12-3-2-4-13(18)8-11(7-12)17-16(21)10-5-14(19)9-15(20)6-10/h5-6,9,11-13,19-20H,2-4,7-8H2,1H3,(H,17,21). The van der Waals surface area contributed by atoms with Crippen LogP contribution in [-0.2, 0) is 0 Å². The number of carbonyl (C=O) groups excluding carboxylic acids is 1. The third-order valence-electron chi connectivity index (χ3n) is 4.84. The number of hydrogen-bond donors (Lipinski definition) is 3. The summed E-state index contributed by atoms with van der Waals surface area (Å²) in [5.74, 6) is -0.422. The van der Waals surface area contributed by atoms with Crippen LogP contribution in [0.1, 0.15) is 42.5 Å². The van der Waals surface area contributed by atoms with E-state index in [9.17, 15) is 15.0 Å². The van der Waals surface area contributed by atoms with Crippen molar-refractivity contribution in [3.05, 3.63) is 23.8 Å². The fraction of sp³-hybridized carbons (Fsp3) is 0.562. The molecule has 2 unspecified atom stereocenters. The lowest BCUT2D eigenvalue weighted by Crippen LogP contribution is -2.55. The number of hydrogen-bond acceptors (Lipinski definition) is 4. The number of carbonyl (C=O) groups is 1. The Morgan fingerprint density at radius 3 is 2.29 bits per heavy atom. The van der Waals surface area contributed by atoms with Crippen LogP contribution in [0.3, 0.4) is 0 Å². The first kappa shape index (κ1) is 14.2. The zero-order valence-electron chi connectivity index (χ0n) is 12.2. The molecule has 2 atom stereocenters. The maximum Gasteiger partial charge on any atom is 0.251 e. The van der Waals surface area contributed by atoms with Crippen molar-refractivity contribution in [1.29, 1.82) is 0 Å². The van der Waals surface area contributed by atoms with Gasteiger partial charge in [0, 0.05) is 29.8 Å². The summed E-state index contributed by atoms with van der Waals surface area (Å²) < 4.78 is 0. The first-order valence-electron chi connectivity index (χ1n) is 7.59. The van der Waals surface area contributed by atoms with E-state index < -0.39 is 0 Å². The Bertz CT molecular complexity index is 512. The molecule has 0 saturated carbocycles. The van der Waals surface area contributed by atoms with Crippen LogP contribution in [0.2, 0.25) is 0 Å². The van der Waals surface area contributed by atoms with Gasteiger partial charge in [-0.25, -0.2) is 0 Å². The number of nitrogens with one attached hydrogen (secondary N) is 1. The van der Waals surface area contributed by atoms with Crippen LogP contribution < -0.4 is 5.32 Å². The van der Waals surface area contributed by atoms with Gasteiger partial charge in [-0.3, -0.25) is 4.79 Å². The second-order valence-corrected chi connectivity index (χ2v) is 6.28. The van der Waals surface area contributed by atoms with Gasteiger partial charge < -0.3 is 20.4 Å². The van der Waals surface area contributed by atoms with Crippen LogP contribution in [-0.4, -0.2) is 46.2 Å². The van der Waals surface area contributed by atoms with Crippen molar-refractivity contribution in [3.8, 4) is 11.5 Å². The molecule has 1 aromatic carbocycles. The first-order valence-corrected chi connectivity index (χ1v) is 7.59. The number of aromatic hydroxyl groups is 2. The van der Waals surface area contributed by atoms with Crippen molar-refractivity contribution in [3.63, 3.8) is 0 Å². The van der Waals surface area contributed by atoms with Crippen LogP contribution in [0.5, 0.6) is 11.5 Å². The number of fused-ring (bicyclic) bond motifs is 2. The summed E-state index contributed by atoms with van der Waals surface area (Å²) in [4.78, 5) is 14.7. The normalized spacial score (nSPS) is 29.1. The number of phenols is 2. The third-order valence-corrected chi connectivity index (χ3v) is 4.84. The van der Waals surface area contributed by atoms with Crippen molar-refractivity contribution in [1.82, 2.24) is 10.2 Å². The maximum atomic E-state index is 12.3. The summed E-state index contributed by atoms with van der Waals surface area (Å²) in [6, 6.07) is 5.26. The Labute approximate surface area is 124 Å². The van der Waals surface area contributed by atoms with Crippen LogP contribution in [0, 0.1) is 0 Å². The average Bonchev–Trinajstić information content (AvgIpc) is 2.38. The summed E-state index contributed by atoms with van der Waals surface area (Å²) in [5.41, 5.74) is 0.302. The van der Waals surface area contributed by atoms with E-state index in [1.54, 1.807) is 0 Å². The van der Waals surface area contributed by atoms with E-state index in [1.165, 1.54) is 37.5 Å². The number of phenolic OH excluding ortho intramolecular Hbond substituents is 2. The predicted octanol–water partition coefficient (Wildman–Crippen LogP) is 1.84. The molecule has 2 heterocycles. The van der Waals surface area contributed by atoms with Crippen molar-refractivity contribution in [2.24, 2.45) is 0 Å². The number of rotatable bonds is 2. The molecule has 2 saturated heterocycles. The molecule has 2 aliphatic rings. The summed E-state index contributed by atoms with van der Waals surface area (Å²) in [6.45, 7) is 0. The van der Waals surface area contributed by atoms with Gasteiger partial charge in [-0.1, -0.05) is 6.42 Å². The molecule has 0 radical (unpaired) electrons. The second kappa shape index (κ2) is 5.56. The fourth-order valence-electron chi connectivity index (χ4n) is 3.73. The van der Waals surface area contributed by atoms with Crippen molar-refractivity contribution >= 4 is 5.91 Å². The Balaban J connectivity index is 1.68. The van der Waals surface area contributed by atoms with E-state index >= 15 is 0 Å². The molecule has 3 N–H and O–H groups in total. The largest absolute Gasteiger partial charge is 0.508 e. The Morgan fingerprint density at radius 2 is 1.71 bits per heavy atom. The van der Waals surface area contributed by atoms with Gasteiger partial charge in [0.2, 0.25) is 0 Å². The lowest BCUT2D eigenvalue weighted by molar-refractivity contribution is 0.0463. The highest BCUT2D eigenvalue weighted by atomic mass is 16.3. The molecule has 0 spiro atoms. The topological polar surface area (TPSA) is 72.8 Å². The first-order chi connectivity index (χ1) is 10.0. The van der Waals surface area contributed by atoms with Gasteiger partial charge in [0.25, 0.3) is 5.91 Å². The third kappa shape index (κ3) is 2.97. The van der Waals surface area contributed by atoms with E-state index in [1.807, 2.05) is 0 Å². The fourth-order valence-corrected chi connectivity index (χ4v) is 3.73. The number of nitrogens with zero attached hydrogens (tertiary/aromatic N) is 1. The number of amides is 1. The Hall–Kier alpha value is -1.75. The van der Waals surface area contributed by atoms with Crippen molar-refractivity contribution in [2.45, 2.75) is 50.2 Å². The minimum absolute atomic E-state index is 0.0969. The van der Waals surface area contributed by atoms with Gasteiger partial charge in [0.15, 0.2) is 0 Å². The molecule has 21 heavy (non-hydrogen) atoms. The van der Waals surface area contributed by atoms with Crippen LogP contribution in [0.25, 0.3) is 0 Å². The molecule has 2 fully saturated rings. The molecule has 3 rings (SSSR count). The highest BCUT2D eigenvalue weighted by molar-refractivity contribution is 5.95. The Morgan fingerprint density at radius 1 is 1.14 bits per heavy atom. The molecule has 0 aliphatic carbocycles. The summed E-state index contributed by atoms with van der Waals surface area (Å²) >= 11 is 0. The second-order valence-electron chi connectivity index (χ2n) is 6.28. The van der Waals surface area contributed by atoms with Gasteiger partial charge in [0.05, 0.1) is 0 Å². The molecular formula is C16H22N2O3. The minimum atomic E-state index is -0.228. The van der Waals surface area contributed by atoms with E-state index in [4.69, 9.17) is 0 Å². The summed E-state index contributed by atoms with van der Waals surface area (Å²) in [6.07, 6.45) is 5.63. The van der Waals surface area contributed by atoms with E-state index in [0.29, 0.717) is 17.6 Å². The lowest BCUT2D eigenvalue weighted by Gasteiger charge is -2.47. The summed E-state index contributed by atoms with van der Waals surface area (Å²) in [7, 11) is 2.18. The van der Waals surface area contributed by atoms with E-state index in [0.717, 1.165) is 12.8 Å². The molecule has 1 amide bonds. The van der Waals surface area contributed by atoms with Gasteiger partial charge in [0.1, 0.15) is 11.5 Å². The van der Waals surface area contributed by atoms with Gasteiger partial charge >= 0.3 is 0 Å². The van der Waals surface area contributed by atoms with Crippen LogP contribution in [0.4, 0.5) is 0 Å². The van der Waals surface area contributed by atoms with E-state index in [2.05, 4.69) is 17.3 Å².